The summed E-state index contributed by atoms with van der Waals surface area (Å²) in [5.41, 5.74) is 1.11. The second kappa shape index (κ2) is 8.78. The molecule has 0 saturated carbocycles. The number of alkyl halides is 3. The van der Waals surface area contributed by atoms with Gasteiger partial charge in [-0.2, -0.15) is 13.2 Å². The van der Waals surface area contributed by atoms with E-state index in [0.717, 1.165) is 42.7 Å². The van der Waals surface area contributed by atoms with Crippen LogP contribution in [0.5, 0.6) is 0 Å². The highest BCUT2D eigenvalue weighted by Crippen LogP contribution is 2.36. The minimum absolute atomic E-state index is 0.115. The van der Waals surface area contributed by atoms with Crippen LogP contribution in [0.2, 0.25) is 5.02 Å². The first-order valence-electron chi connectivity index (χ1n) is 9.98. The van der Waals surface area contributed by atoms with E-state index in [-0.39, 0.29) is 5.02 Å². The molecule has 3 aromatic rings. The van der Waals surface area contributed by atoms with Gasteiger partial charge in [0.25, 0.3) is 5.91 Å². The van der Waals surface area contributed by atoms with Gasteiger partial charge >= 0.3 is 12.1 Å². The first kappa shape index (κ1) is 22.1. The zero-order chi connectivity index (χ0) is 22.9. The molecule has 0 radical (unpaired) electrons. The number of nitrogens with zero attached hydrogens (tertiary/aromatic N) is 1. The normalized spacial score (nSPS) is 13.5. The lowest BCUT2D eigenvalue weighted by Gasteiger charge is -2.20. The van der Waals surface area contributed by atoms with Crippen molar-refractivity contribution in [1.29, 1.82) is 0 Å². The Balaban J connectivity index is 1.54. The van der Waals surface area contributed by atoms with Gasteiger partial charge in [-0.1, -0.05) is 29.8 Å². The Morgan fingerprint density at radius 2 is 1.84 bits per heavy atom. The summed E-state index contributed by atoms with van der Waals surface area (Å²) < 4.78 is 44.9. The predicted octanol–water partition coefficient (Wildman–Crippen LogP) is 5.58. The number of para-hydroxylation sites is 1. The van der Waals surface area contributed by atoms with Crippen molar-refractivity contribution >= 4 is 40.1 Å². The molecule has 0 bridgehead atoms. The highest BCUT2D eigenvalue weighted by atomic mass is 35.5. The molecule has 1 aliphatic carbocycles. The Morgan fingerprint density at radius 3 is 2.62 bits per heavy atom. The lowest BCUT2D eigenvalue weighted by atomic mass is 9.90. The monoisotopic (exact) mass is 462 g/mol. The number of aryl methyl sites for hydroxylation is 1. The van der Waals surface area contributed by atoms with E-state index in [9.17, 15) is 22.8 Å². The maximum atomic E-state index is 13.2. The summed E-state index contributed by atoms with van der Waals surface area (Å²) in [7, 11) is 0. The van der Waals surface area contributed by atoms with Gasteiger partial charge in [0.05, 0.1) is 22.3 Å². The third-order valence-electron chi connectivity index (χ3n) is 5.27. The van der Waals surface area contributed by atoms with E-state index in [4.69, 9.17) is 16.3 Å². The van der Waals surface area contributed by atoms with E-state index in [2.05, 4.69) is 10.3 Å². The fourth-order valence-corrected chi connectivity index (χ4v) is 4.03. The van der Waals surface area contributed by atoms with E-state index in [1.807, 2.05) is 6.07 Å². The molecule has 9 heteroatoms. The number of rotatable bonds is 4. The minimum Gasteiger partial charge on any atom is -0.452 e. The number of fused-ring (bicyclic) bond motifs is 2. The molecule has 0 spiro atoms. The van der Waals surface area contributed by atoms with Crippen molar-refractivity contribution in [2.45, 2.75) is 31.9 Å². The number of nitrogens with one attached hydrogen (secondary N) is 1. The van der Waals surface area contributed by atoms with Crippen molar-refractivity contribution in [1.82, 2.24) is 4.98 Å². The van der Waals surface area contributed by atoms with Crippen molar-refractivity contribution in [3.05, 3.63) is 69.9 Å². The molecule has 166 valence electrons. The SMILES string of the molecule is O=C(COC(=O)c1c2c(nc3ccccc13)CCCC2)Nc1ccc(Cl)cc1C(F)(F)F. The van der Waals surface area contributed by atoms with E-state index in [1.54, 1.807) is 18.2 Å². The molecule has 0 unspecified atom stereocenters. The van der Waals surface area contributed by atoms with Crippen molar-refractivity contribution in [3.8, 4) is 0 Å². The number of pyridine rings is 1. The van der Waals surface area contributed by atoms with Crippen LogP contribution in [0, 0.1) is 0 Å². The summed E-state index contributed by atoms with van der Waals surface area (Å²) in [5, 5.41) is 2.65. The number of hydrogen-bond acceptors (Lipinski definition) is 4. The predicted molar refractivity (Wildman–Crippen MR) is 114 cm³/mol. The minimum atomic E-state index is -4.71. The number of benzene rings is 2. The Hall–Kier alpha value is -3.13. The number of aromatic nitrogens is 1. The maximum Gasteiger partial charge on any atom is 0.418 e. The second-order valence-corrected chi connectivity index (χ2v) is 7.88. The van der Waals surface area contributed by atoms with Crippen molar-refractivity contribution < 1.29 is 27.5 Å². The molecule has 5 nitrogen and oxygen atoms in total. The number of hydrogen-bond donors (Lipinski definition) is 1. The lowest BCUT2D eigenvalue weighted by molar-refractivity contribution is -0.137. The third-order valence-corrected chi connectivity index (χ3v) is 5.50. The van der Waals surface area contributed by atoms with Crippen LogP contribution in [-0.2, 0) is 28.5 Å². The first-order chi connectivity index (χ1) is 15.2. The summed E-state index contributed by atoms with van der Waals surface area (Å²) in [6, 6.07) is 10.2. The molecule has 0 fully saturated rings. The molecule has 0 atom stereocenters. The van der Waals surface area contributed by atoms with Crippen LogP contribution in [0.3, 0.4) is 0 Å². The van der Waals surface area contributed by atoms with Gasteiger partial charge in [-0.25, -0.2) is 4.79 Å². The molecular weight excluding hydrogens is 445 g/mol. The highest BCUT2D eigenvalue weighted by molar-refractivity contribution is 6.30. The van der Waals surface area contributed by atoms with Crippen molar-refractivity contribution in [2.24, 2.45) is 0 Å². The molecule has 0 aliphatic heterocycles. The fraction of sp³-hybridized carbons (Fsp3) is 0.261. The van der Waals surface area contributed by atoms with Gasteiger partial charge in [0, 0.05) is 16.1 Å². The summed E-state index contributed by atoms with van der Waals surface area (Å²) in [4.78, 5) is 29.8. The van der Waals surface area contributed by atoms with Crippen LogP contribution in [0.4, 0.5) is 18.9 Å². The van der Waals surface area contributed by atoms with Gasteiger partial charge < -0.3 is 10.1 Å². The summed E-state index contributed by atoms with van der Waals surface area (Å²) in [6.07, 6.45) is -1.41. The van der Waals surface area contributed by atoms with Gasteiger partial charge in [0.2, 0.25) is 0 Å². The van der Waals surface area contributed by atoms with E-state index < -0.39 is 35.9 Å². The maximum absolute atomic E-state index is 13.2. The van der Waals surface area contributed by atoms with Crippen LogP contribution in [0.15, 0.2) is 42.5 Å². The largest absolute Gasteiger partial charge is 0.452 e. The van der Waals surface area contributed by atoms with E-state index in [0.29, 0.717) is 22.9 Å². The van der Waals surface area contributed by atoms with Gasteiger partial charge in [-0.15, -0.1) is 0 Å². The van der Waals surface area contributed by atoms with Gasteiger partial charge in [-0.05, 0) is 55.5 Å². The Bertz CT molecular complexity index is 1210. The number of carbonyl (C=O) groups excluding carboxylic acids is 2. The zero-order valence-corrected chi connectivity index (χ0v) is 17.5. The Morgan fingerprint density at radius 1 is 1.09 bits per heavy atom. The van der Waals surface area contributed by atoms with Crippen LogP contribution in [0.1, 0.15) is 40.0 Å². The smallest absolute Gasteiger partial charge is 0.418 e. The Kier molecular flexibility index (Phi) is 6.06. The van der Waals surface area contributed by atoms with Crippen LogP contribution >= 0.6 is 11.6 Å². The molecule has 1 aliphatic rings. The van der Waals surface area contributed by atoms with Crippen LogP contribution < -0.4 is 5.32 Å². The molecule has 1 amide bonds. The molecular formula is C23H18ClF3N2O3. The molecule has 0 saturated heterocycles. The topological polar surface area (TPSA) is 68.3 Å². The fourth-order valence-electron chi connectivity index (χ4n) is 3.86. The lowest BCUT2D eigenvalue weighted by Crippen LogP contribution is -2.24. The molecule has 1 heterocycles. The molecule has 32 heavy (non-hydrogen) atoms. The van der Waals surface area contributed by atoms with Crippen LogP contribution in [0.25, 0.3) is 10.9 Å². The summed E-state index contributed by atoms with van der Waals surface area (Å²) in [5.74, 6) is -1.59. The van der Waals surface area contributed by atoms with E-state index >= 15 is 0 Å². The van der Waals surface area contributed by atoms with Crippen molar-refractivity contribution in [2.75, 3.05) is 11.9 Å². The molecule has 2 aromatic carbocycles. The zero-order valence-electron chi connectivity index (χ0n) is 16.8. The van der Waals surface area contributed by atoms with Crippen molar-refractivity contribution in [3.63, 3.8) is 0 Å². The first-order valence-corrected chi connectivity index (χ1v) is 10.4. The highest BCUT2D eigenvalue weighted by Gasteiger charge is 2.34. The average molecular weight is 463 g/mol. The standard InChI is InChI=1S/C23H18ClF3N2O3/c24-13-9-10-19(16(11-13)23(25,26)27)29-20(30)12-32-22(31)21-14-5-1-3-7-17(14)28-18-8-4-2-6-15(18)21/h1,3,5,7,9-11H,2,4,6,8,12H2,(H,29,30). The Labute approximate surface area is 186 Å². The summed E-state index contributed by atoms with van der Waals surface area (Å²) in [6.45, 7) is -0.732. The number of esters is 1. The van der Waals surface area contributed by atoms with Crippen LogP contribution in [-0.4, -0.2) is 23.5 Å². The number of anilines is 1. The second-order valence-electron chi connectivity index (χ2n) is 7.45. The molecule has 1 N–H and O–H groups in total. The summed E-state index contributed by atoms with van der Waals surface area (Å²) >= 11 is 5.65. The quantitative estimate of drug-likeness (QED) is 0.514. The van der Waals surface area contributed by atoms with Gasteiger partial charge in [-0.3, -0.25) is 9.78 Å². The van der Waals surface area contributed by atoms with Gasteiger partial charge in [0.15, 0.2) is 6.61 Å². The third kappa shape index (κ3) is 4.55. The number of amides is 1. The number of ether oxygens (including phenoxy) is 1. The number of halogens is 4. The van der Waals surface area contributed by atoms with E-state index in [1.165, 1.54) is 6.07 Å². The average Bonchev–Trinajstić information content (AvgIpc) is 2.76. The number of carbonyl (C=O) groups is 2. The molecule has 1 aromatic heterocycles. The molecule has 4 rings (SSSR count). The van der Waals surface area contributed by atoms with Gasteiger partial charge in [0.1, 0.15) is 0 Å².